The molecule has 0 aliphatic rings. The Morgan fingerprint density at radius 3 is 2.15 bits per heavy atom. The standard InChI is InChI=1S/C33H36N6O5S2.C2HF3O2/c1-22(2)36-46(43,44)29-15-11-26(12-16-29)35-32(42)39(30(31(34)41)17-24-9-13-28(40)14-10-24)21-27-20-37(19-25-7-5-4-6-8-25)33-38(27)18-23(3)45-33;3-2(4,5)1(6)7/h4-16,18,20,22,30,36H,17,19,21H2,1-3H3,(H3-,34,35,40,41,42);(H,6,7)/t30-;/m0./s1. The predicted octanol–water partition coefficient (Wildman–Crippen LogP) is 3.47. The second-order valence-electron chi connectivity index (χ2n) is 12.2. The lowest BCUT2D eigenvalue weighted by Crippen LogP contribution is -2.50. The van der Waals surface area contributed by atoms with Crippen molar-refractivity contribution < 1.29 is 50.8 Å². The number of aromatic hydroxyl groups is 1. The zero-order valence-electron chi connectivity index (χ0n) is 28.7. The molecule has 0 aliphatic heterocycles. The molecular weight excluding hydrogens is 738 g/mol. The Labute approximate surface area is 307 Å². The Bertz CT molecular complexity index is 2150. The first-order chi connectivity index (χ1) is 24.8. The molecule has 0 bridgehead atoms. The number of benzene rings is 3. The topological polar surface area (TPSA) is 190 Å². The van der Waals surface area contributed by atoms with Gasteiger partial charge in [0.1, 0.15) is 36.7 Å². The summed E-state index contributed by atoms with van der Waals surface area (Å²) in [5, 5.41) is 21.4. The van der Waals surface area contributed by atoms with E-state index in [2.05, 4.69) is 14.6 Å². The molecular formula is C35H37F3N6O7S2. The molecule has 0 saturated carbocycles. The van der Waals surface area contributed by atoms with Crippen LogP contribution in [-0.2, 0) is 39.1 Å². The number of imidazole rings is 1. The number of carboxylic acids is 1. The van der Waals surface area contributed by atoms with Crippen molar-refractivity contribution in [3.05, 3.63) is 113 Å². The van der Waals surface area contributed by atoms with Gasteiger partial charge in [-0.2, -0.15) is 17.6 Å². The van der Waals surface area contributed by atoms with Gasteiger partial charge in [0.05, 0.1) is 11.4 Å². The Morgan fingerprint density at radius 1 is 1.00 bits per heavy atom. The van der Waals surface area contributed by atoms with Crippen LogP contribution in [0.2, 0.25) is 0 Å². The molecule has 5 aromatic rings. The van der Waals surface area contributed by atoms with Gasteiger partial charge in [-0.15, -0.1) is 0 Å². The summed E-state index contributed by atoms with van der Waals surface area (Å²) in [4.78, 5) is 39.3. The van der Waals surface area contributed by atoms with Crippen molar-refractivity contribution in [2.45, 2.75) is 63.4 Å². The van der Waals surface area contributed by atoms with Gasteiger partial charge in [-0.3, -0.25) is 4.79 Å². The van der Waals surface area contributed by atoms with Gasteiger partial charge in [0.25, 0.3) is 0 Å². The number of halogens is 3. The molecule has 0 fully saturated rings. The summed E-state index contributed by atoms with van der Waals surface area (Å²) in [5.41, 5.74) is 8.87. The SMILES string of the molecule is Cc1cn2c(CN(C(=O)Nc3ccc(S(=O)(=O)NC(C)C)cc3)[C@@H](Cc3ccc(O)cc3)C(N)=O)c[n+](Cc3ccccc3)c2s1.O=C([O-])C(F)(F)F. The molecule has 3 amide bonds. The van der Waals surface area contributed by atoms with Crippen LogP contribution in [0.15, 0.2) is 96.2 Å². The first-order valence-electron chi connectivity index (χ1n) is 15.9. The number of carbonyl (C=O) groups excluding carboxylic acids is 3. The van der Waals surface area contributed by atoms with E-state index in [1.165, 1.54) is 41.3 Å². The minimum absolute atomic E-state index is 0.0431. The summed E-state index contributed by atoms with van der Waals surface area (Å²) in [6.45, 7) is 6.13. The van der Waals surface area contributed by atoms with E-state index in [1.54, 1.807) is 37.3 Å². The number of aromatic nitrogens is 2. The maximum Gasteiger partial charge on any atom is 0.430 e. The van der Waals surface area contributed by atoms with Crippen LogP contribution in [0.3, 0.4) is 0 Å². The van der Waals surface area contributed by atoms with E-state index in [-0.39, 0.29) is 29.7 Å². The second kappa shape index (κ2) is 16.9. The summed E-state index contributed by atoms with van der Waals surface area (Å²) >= 11 is 1.62. The van der Waals surface area contributed by atoms with Crippen molar-refractivity contribution >= 4 is 49.9 Å². The number of hydrogen-bond donors (Lipinski definition) is 4. The minimum atomic E-state index is -5.19. The molecule has 13 nitrogen and oxygen atoms in total. The molecule has 0 aliphatic carbocycles. The van der Waals surface area contributed by atoms with E-state index >= 15 is 0 Å². The summed E-state index contributed by atoms with van der Waals surface area (Å²) in [6, 6.07) is 20.3. The third-order valence-corrected chi connectivity index (χ3v) is 10.2. The molecule has 282 valence electrons. The number of primary amides is 1. The van der Waals surface area contributed by atoms with Crippen molar-refractivity contribution in [3.63, 3.8) is 0 Å². The highest BCUT2D eigenvalue weighted by molar-refractivity contribution is 7.89. The number of alkyl halides is 3. The van der Waals surface area contributed by atoms with Crippen LogP contribution in [0, 0.1) is 6.92 Å². The van der Waals surface area contributed by atoms with Crippen molar-refractivity contribution in [3.8, 4) is 5.75 Å². The van der Waals surface area contributed by atoms with Crippen molar-refractivity contribution in [2.75, 3.05) is 5.32 Å². The smallest absolute Gasteiger partial charge is 0.430 e. The van der Waals surface area contributed by atoms with Gasteiger partial charge in [0.2, 0.25) is 15.9 Å². The summed E-state index contributed by atoms with van der Waals surface area (Å²) in [5.74, 6) is -3.63. The Balaban J connectivity index is 0.000000815. The molecule has 0 saturated heterocycles. The monoisotopic (exact) mass is 774 g/mol. The van der Waals surface area contributed by atoms with Gasteiger partial charge in [-0.1, -0.05) is 53.8 Å². The maximum atomic E-state index is 14.0. The zero-order chi connectivity index (χ0) is 39.1. The van der Waals surface area contributed by atoms with Crippen LogP contribution in [0.25, 0.3) is 4.96 Å². The van der Waals surface area contributed by atoms with Crippen LogP contribution < -0.4 is 25.4 Å². The molecule has 5 N–H and O–H groups in total. The number of carbonyl (C=O) groups is 3. The molecule has 2 heterocycles. The number of anilines is 1. The van der Waals surface area contributed by atoms with Gasteiger partial charge in [0, 0.05) is 23.0 Å². The molecule has 5 rings (SSSR count). The highest BCUT2D eigenvalue weighted by Crippen LogP contribution is 2.23. The molecule has 2 aromatic heterocycles. The van der Waals surface area contributed by atoms with Crippen LogP contribution in [0.5, 0.6) is 5.75 Å². The number of rotatable bonds is 12. The molecule has 3 aromatic carbocycles. The molecule has 0 radical (unpaired) electrons. The van der Waals surface area contributed by atoms with Crippen molar-refractivity contribution in [1.82, 2.24) is 14.0 Å². The van der Waals surface area contributed by atoms with Crippen LogP contribution >= 0.6 is 11.3 Å². The maximum absolute atomic E-state index is 14.0. The normalized spacial score (nSPS) is 12.2. The number of amides is 3. The summed E-state index contributed by atoms with van der Waals surface area (Å²) in [7, 11) is -3.72. The average molecular weight is 775 g/mol. The van der Waals surface area contributed by atoms with Gasteiger partial charge in [0.15, 0.2) is 5.69 Å². The molecule has 18 heteroatoms. The second-order valence-corrected chi connectivity index (χ2v) is 15.1. The number of aliphatic carboxylic acids is 1. The lowest BCUT2D eigenvalue weighted by atomic mass is 10.0. The number of phenols is 1. The fourth-order valence-electron chi connectivity index (χ4n) is 5.18. The lowest BCUT2D eigenvalue weighted by Gasteiger charge is -2.29. The quantitative estimate of drug-likeness (QED) is 0.140. The number of thiazole rings is 1. The van der Waals surface area contributed by atoms with Gasteiger partial charge in [-0.25, -0.2) is 22.5 Å². The number of carboxylic acid groups (broad SMARTS) is 1. The predicted molar refractivity (Wildman–Crippen MR) is 188 cm³/mol. The van der Waals surface area contributed by atoms with Gasteiger partial charge < -0.3 is 31.0 Å². The molecule has 53 heavy (non-hydrogen) atoms. The number of hydrogen-bond acceptors (Lipinski definition) is 8. The van der Waals surface area contributed by atoms with E-state index < -0.39 is 40.1 Å². The molecule has 1 atom stereocenters. The first kappa shape index (κ1) is 40.3. The third kappa shape index (κ3) is 11.0. The fourth-order valence-corrected chi connectivity index (χ4v) is 7.38. The zero-order valence-corrected chi connectivity index (χ0v) is 30.3. The van der Waals surface area contributed by atoms with Gasteiger partial charge >= 0.3 is 17.2 Å². The van der Waals surface area contributed by atoms with Crippen molar-refractivity contribution in [1.29, 1.82) is 0 Å². The van der Waals surface area contributed by atoms with E-state index in [0.717, 1.165) is 21.1 Å². The summed E-state index contributed by atoms with van der Waals surface area (Å²) < 4.78 is 63.4. The number of nitrogens with one attached hydrogen (secondary N) is 2. The fraction of sp³-hybridized carbons (Fsp3) is 0.257. The van der Waals surface area contributed by atoms with E-state index in [9.17, 15) is 36.3 Å². The molecule has 0 unspecified atom stereocenters. The van der Waals surface area contributed by atoms with E-state index in [1.807, 2.05) is 54.0 Å². The number of phenolic OH excluding ortho intramolecular Hbond substituents is 1. The Morgan fingerprint density at radius 2 is 1.60 bits per heavy atom. The number of fused-ring (bicyclic) bond motifs is 1. The van der Waals surface area contributed by atoms with Crippen LogP contribution in [-0.4, -0.2) is 59.0 Å². The number of nitrogens with zero attached hydrogens (tertiary/aromatic N) is 3. The minimum Gasteiger partial charge on any atom is -0.542 e. The van der Waals surface area contributed by atoms with E-state index in [0.29, 0.717) is 17.8 Å². The van der Waals surface area contributed by atoms with Crippen molar-refractivity contribution in [2.24, 2.45) is 5.73 Å². The lowest BCUT2D eigenvalue weighted by molar-refractivity contribution is -0.660. The third-order valence-electron chi connectivity index (χ3n) is 7.53. The first-order valence-corrected chi connectivity index (χ1v) is 18.2. The van der Waals surface area contributed by atoms with Gasteiger partial charge in [-0.05, 0) is 68.3 Å². The van der Waals surface area contributed by atoms with E-state index in [4.69, 9.17) is 15.6 Å². The average Bonchev–Trinajstić information content (AvgIpc) is 3.60. The van der Waals surface area contributed by atoms with Crippen LogP contribution in [0.1, 0.15) is 35.5 Å². The highest BCUT2D eigenvalue weighted by atomic mass is 32.2. The number of aryl methyl sites for hydroxylation is 1. The summed E-state index contributed by atoms with van der Waals surface area (Å²) in [6.07, 6.45) is -1.11. The number of sulfonamides is 1. The van der Waals surface area contributed by atoms with Crippen LogP contribution in [0.4, 0.5) is 23.7 Å². The highest BCUT2D eigenvalue weighted by Gasteiger charge is 2.33. The Hall–Kier alpha value is -5.46. The Kier molecular flexibility index (Phi) is 12.9. The number of urea groups is 1. The largest absolute Gasteiger partial charge is 0.542 e. The number of nitrogens with two attached hydrogens (primary N) is 1. The molecule has 0 spiro atoms.